The topological polar surface area (TPSA) is 81.7 Å². The number of nitrogens with one attached hydrogen (secondary N) is 2. The molecule has 1 rings (SSSR count). The number of nitrogens with zero attached hydrogens (tertiary/aromatic N) is 1. The zero-order valence-corrected chi connectivity index (χ0v) is 12.0. The molecule has 1 aliphatic rings. The van der Waals surface area contributed by atoms with Gasteiger partial charge < -0.3 is 20.6 Å². The van der Waals surface area contributed by atoms with Gasteiger partial charge in [-0.2, -0.15) is 0 Å². The van der Waals surface area contributed by atoms with Crippen LogP contribution in [0.4, 0.5) is 4.79 Å². The van der Waals surface area contributed by atoms with Crippen LogP contribution in [0.1, 0.15) is 39.0 Å². The number of amides is 2. The Morgan fingerprint density at radius 3 is 2.37 bits per heavy atom. The highest BCUT2D eigenvalue weighted by atomic mass is 16.4. The molecule has 6 heteroatoms. The van der Waals surface area contributed by atoms with Gasteiger partial charge in [0.05, 0.1) is 0 Å². The second kappa shape index (κ2) is 6.75. The van der Waals surface area contributed by atoms with Gasteiger partial charge in [0, 0.05) is 6.04 Å². The highest BCUT2D eigenvalue weighted by molar-refractivity contribution is 5.86. The molecule has 1 saturated carbocycles. The minimum Gasteiger partial charge on any atom is -0.480 e. The van der Waals surface area contributed by atoms with E-state index in [1.54, 1.807) is 0 Å². The molecule has 0 aromatic carbocycles. The monoisotopic (exact) mass is 271 g/mol. The SMILES string of the molecule is CC(CCN(C)C)NC(=O)NC1(C(=O)O)CCCC1. The number of carboxylic acid groups (broad SMARTS) is 1. The molecule has 19 heavy (non-hydrogen) atoms. The Morgan fingerprint density at radius 1 is 1.32 bits per heavy atom. The minimum absolute atomic E-state index is 0.0228. The minimum atomic E-state index is -1.06. The van der Waals surface area contributed by atoms with Crippen LogP contribution in [0.15, 0.2) is 0 Å². The summed E-state index contributed by atoms with van der Waals surface area (Å²) in [5.41, 5.74) is -1.06. The molecule has 1 aliphatic carbocycles. The molecule has 110 valence electrons. The van der Waals surface area contributed by atoms with Crippen LogP contribution in [-0.4, -0.2) is 54.2 Å². The third-order valence-corrected chi connectivity index (χ3v) is 3.61. The van der Waals surface area contributed by atoms with Gasteiger partial charge in [0.2, 0.25) is 0 Å². The second-order valence-corrected chi connectivity index (χ2v) is 5.69. The fourth-order valence-electron chi connectivity index (χ4n) is 2.37. The molecular formula is C13H25N3O3. The molecule has 0 aromatic heterocycles. The highest BCUT2D eigenvalue weighted by Crippen LogP contribution is 2.29. The van der Waals surface area contributed by atoms with Crippen molar-refractivity contribution in [2.24, 2.45) is 0 Å². The maximum atomic E-state index is 11.9. The first-order chi connectivity index (χ1) is 8.85. The maximum Gasteiger partial charge on any atom is 0.329 e. The molecular weight excluding hydrogens is 246 g/mol. The largest absolute Gasteiger partial charge is 0.480 e. The van der Waals surface area contributed by atoms with E-state index < -0.39 is 11.5 Å². The van der Waals surface area contributed by atoms with Crippen LogP contribution in [-0.2, 0) is 4.79 Å². The van der Waals surface area contributed by atoms with Gasteiger partial charge in [-0.05, 0) is 46.8 Å². The lowest BCUT2D eigenvalue weighted by Crippen LogP contribution is -2.56. The molecule has 1 unspecified atom stereocenters. The van der Waals surface area contributed by atoms with Crippen LogP contribution in [0.2, 0.25) is 0 Å². The summed E-state index contributed by atoms with van der Waals surface area (Å²) < 4.78 is 0. The Hall–Kier alpha value is -1.30. The fraction of sp³-hybridized carbons (Fsp3) is 0.846. The normalized spacial score (nSPS) is 19.2. The van der Waals surface area contributed by atoms with Gasteiger partial charge in [-0.25, -0.2) is 9.59 Å². The molecule has 1 fully saturated rings. The number of carbonyl (C=O) groups excluding carboxylic acids is 1. The fourth-order valence-corrected chi connectivity index (χ4v) is 2.37. The molecule has 6 nitrogen and oxygen atoms in total. The van der Waals surface area contributed by atoms with E-state index in [0.717, 1.165) is 25.8 Å². The number of urea groups is 1. The number of carbonyl (C=O) groups is 2. The number of hydrogen-bond acceptors (Lipinski definition) is 3. The zero-order chi connectivity index (χ0) is 14.5. The summed E-state index contributed by atoms with van der Waals surface area (Å²) in [6.45, 7) is 2.80. The molecule has 2 amide bonds. The summed E-state index contributed by atoms with van der Waals surface area (Å²) in [4.78, 5) is 25.2. The summed E-state index contributed by atoms with van der Waals surface area (Å²) in [5, 5.41) is 14.7. The van der Waals surface area contributed by atoms with Crippen LogP contribution < -0.4 is 10.6 Å². The van der Waals surface area contributed by atoms with E-state index in [2.05, 4.69) is 10.6 Å². The van der Waals surface area contributed by atoms with Crippen LogP contribution >= 0.6 is 0 Å². The lowest BCUT2D eigenvalue weighted by Gasteiger charge is -2.26. The van der Waals surface area contributed by atoms with Crippen molar-refractivity contribution in [3.8, 4) is 0 Å². The Bertz CT molecular complexity index is 325. The number of rotatable bonds is 6. The smallest absolute Gasteiger partial charge is 0.329 e. The molecule has 1 atom stereocenters. The van der Waals surface area contributed by atoms with Gasteiger partial charge >= 0.3 is 12.0 Å². The first-order valence-electron chi connectivity index (χ1n) is 6.82. The number of hydrogen-bond donors (Lipinski definition) is 3. The summed E-state index contributed by atoms with van der Waals surface area (Å²) >= 11 is 0. The van der Waals surface area contributed by atoms with Crippen LogP contribution in [0, 0.1) is 0 Å². The average molecular weight is 271 g/mol. The van der Waals surface area contributed by atoms with Crippen molar-refractivity contribution in [3.05, 3.63) is 0 Å². The predicted octanol–water partition coefficient (Wildman–Crippen LogP) is 1.02. The molecule has 0 spiro atoms. The van der Waals surface area contributed by atoms with Crippen molar-refractivity contribution in [2.75, 3.05) is 20.6 Å². The molecule has 0 heterocycles. The van der Waals surface area contributed by atoms with E-state index in [9.17, 15) is 14.7 Å². The van der Waals surface area contributed by atoms with Gasteiger partial charge in [0.1, 0.15) is 5.54 Å². The number of carboxylic acids is 1. The van der Waals surface area contributed by atoms with E-state index in [1.165, 1.54) is 0 Å². The van der Waals surface area contributed by atoms with Gasteiger partial charge in [-0.3, -0.25) is 0 Å². The first-order valence-corrected chi connectivity index (χ1v) is 6.82. The van der Waals surface area contributed by atoms with Crippen molar-refractivity contribution in [1.82, 2.24) is 15.5 Å². The van der Waals surface area contributed by atoms with E-state index in [0.29, 0.717) is 12.8 Å². The van der Waals surface area contributed by atoms with Crippen molar-refractivity contribution in [2.45, 2.75) is 50.6 Å². The molecule has 0 aliphatic heterocycles. The summed E-state index contributed by atoms with van der Waals surface area (Å²) in [6, 6.07) is -0.356. The van der Waals surface area contributed by atoms with Crippen molar-refractivity contribution < 1.29 is 14.7 Å². The molecule has 3 N–H and O–H groups in total. The Labute approximate surface area is 114 Å². The Kier molecular flexibility index (Phi) is 5.60. The van der Waals surface area contributed by atoms with Gasteiger partial charge in [-0.1, -0.05) is 12.8 Å². The van der Waals surface area contributed by atoms with E-state index in [4.69, 9.17) is 0 Å². The highest BCUT2D eigenvalue weighted by Gasteiger charge is 2.42. The van der Waals surface area contributed by atoms with Crippen molar-refractivity contribution >= 4 is 12.0 Å². The van der Waals surface area contributed by atoms with Crippen LogP contribution in [0.5, 0.6) is 0 Å². The number of aliphatic carboxylic acids is 1. The Morgan fingerprint density at radius 2 is 1.89 bits per heavy atom. The molecule has 0 bridgehead atoms. The van der Waals surface area contributed by atoms with Crippen LogP contribution in [0.25, 0.3) is 0 Å². The van der Waals surface area contributed by atoms with Gasteiger partial charge in [-0.15, -0.1) is 0 Å². The van der Waals surface area contributed by atoms with Crippen LogP contribution in [0.3, 0.4) is 0 Å². The second-order valence-electron chi connectivity index (χ2n) is 5.69. The van der Waals surface area contributed by atoms with Crippen molar-refractivity contribution in [3.63, 3.8) is 0 Å². The predicted molar refractivity (Wildman–Crippen MR) is 73.1 cm³/mol. The van der Waals surface area contributed by atoms with E-state index >= 15 is 0 Å². The third-order valence-electron chi connectivity index (χ3n) is 3.61. The van der Waals surface area contributed by atoms with Gasteiger partial charge in [0.15, 0.2) is 0 Å². The lowest BCUT2D eigenvalue weighted by molar-refractivity contribution is -0.144. The molecule has 0 aromatic rings. The third kappa shape index (κ3) is 4.70. The summed E-state index contributed by atoms with van der Waals surface area (Å²) in [5.74, 6) is -0.930. The van der Waals surface area contributed by atoms with E-state index in [-0.39, 0.29) is 12.1 Å². The van der Waals surface area contributed by atoms with E-state index in [1.807, 2.05) is 25.9 Å². The molecule has 0 radical (unpaired) electrons. The maximum absolute atomic E-state index is 11.9. The average Bonchev–Trinajstić information content (AvgIpc) is 2.76. The Balaban J connectivity index is 2.43. The standard InChI is InChI=1S/C13H25N3O3/c1-10(6-9-16(2)3)14-12(19)15-13(11(17)18)7-4-5-8-13/h10H,4-9H2,1-3H3,(H,17,18)(H2,14,15,19). The zero-order valence-electron chi connectivity index (χ0n) is 12.0. The summed E-state index contributed by atoms with van der Waals surface area (Å²) in [7, 11) is 3.95. The summed E-state index contributed by atoms with van der Waals surface area (Å²) in [6.07, 6.45) is 3.57. The lowest BCUT2D eigenvalue weighted by atomic mass is 9.98. The van der Waals surface area contributed by atoms with Gasteiger partial charge in [0.25, 0.3) is 0 Å². The first kappa shape index (κ1) is 15.8. The van der Waals surface area contributed by atoms with Crippen molar-refractivity contribution in [1.29, 1.82) is 0 Å². The molecule has 0 saturated heterocycles. The quantitative estimate of drug-likeness (QED) is 0.674.